The second kappa shape index (κ2) is 5.00. The number of aromatic hydroxyl groups is 1. The van der Waals surface area contributed by atoms with Gasteiger partial charge in [-0.15, -0.1) is 0 Å². The molecule has 0 aromatic heterocycles. The van der Waals surface area contributed by atoms with Gasteiger partial charge in [-0.05, 0) is 24.3 Å². The minimum Gasteiger partial charge on any atom is -0.508 e. The Bertz CT molecular complexity index is 569. The number of ether oxygens (including phenoxy) is 1. The average Bonchev–Trinajstić information content (AvgIpc) is 2.88. The van der Waals surface area contributed by atoms with Gasteiger partial charge in [0.1, 0.15) is 11.5 Å². The van der Waals surface area contributed by atoms with Gasteiger partial charge in [0.05, 0.1) is 11.5 Å². The van der Waals surface area contributed by atoms with Crippen LogP contribution >= 0.6 is 0 Å². The first-order valence-corrected chi connectivity index (χ1v) is 8.14. The van der Waals surface area contributed by atoms with Crippen LogP contribution in [0.15, 0.2) is 29.2 Å². The van der Waals surface area contributed by atoms with E-state index in [1.807, 2.05) is 0 Å². The van der Waals surface area contributed by atoms with Crippen molar-refractivity contribution in [1.82, 2.24) is 9.62 Å². The topological polar surface area (TPSA) is 78.9 Å². The minimum atomic E-state index is -3.49. The number of hydrogen-bond donors (Lipinski definition) is 2. The van der Waals surface area contributed by atoms with Gasteiger partial charge in [0.15, 0.2) is 0 Å². The highest BCUT2D eigenvalue weighted by Crippen LogP contribution is 2.29. The van der Waals surface area contributed by atoms with Gasteiger partial charge in [0.25, 0.3) is 0 Å². The zero-order valence-electron chi connectivity index (χ0n) is 11.1. The molecular weight excluding hydrogens is 280 g/mol. The third-order valence-corrected chi connectivity index (χ3v) is 5.85. The first-order valence-electron chi connectivity index (χ1n) is 6.70. The number of piperidine rings is 1. The SMILES string of the molecule is O=S(=O)(c1ccc(O)cc1)N1CCC2(CC1)NCCO2. The molecule has 110 valence electrons. The van der Waals surface area contributed by atoms with Gasteiger partial charge in [-0.2, -0.15) is 4.31 Å². The van der Waals surface area contributed by atoms with E-state index in [1.165, 1.54) is 28.6 Å². The first-order chi connectivity index (χ1) is 9.52. The smallest absolute Gasteiger partial charge is 0.243 e. The van der Waals surface area contributed by atoms with Crippen molar-refractivity contribution in [3.63, 3.8) is 0 Å². The molecule has 1 spiro atoms. The first kappa shape index (κ1) is 13.8. The van der Waals surface area contributed by atoms with Crippen molar-refractivity contribution >= 4 is 10.0 Å². The van der Waals surface area contributed by atoms with Gasteiger partial charge >= 0.3 is 0 Å². The van der Waals surface area contributed by atoms with Crippen LogP contribution in [-0.2, 0) is 14.8 Å². The fraction of sp³-hybridized carbons (Fsp3) is 0.538. The average molecular weight is 298 g/mol. The molecule has 2 aliphatic rings. The van der Waals surface area contributed by atoms with Crippen LogP contribution in [0.5, 0.6) is 5.75 Å². The predicted octanol–water partition coefficient (Wildman–Crippen LogP) is 0.493. The summed E-state index contributed by atoms with van der Waals surface area (Å²) in [6.07, 6.45) is 1.31. The van der Waals surface area contributed by atoms with Gasteiger partial charge in [-0.3, -0.25) is 5.32 Å². The predicted molar refractivity (Wildman–Crippen MR) is 72.8 cm³/mol. The second-order valence-electron chi connectivity index (χ2n) is 5.17. The van der Waals surface area contributed by atoms with Crippen LogP contribution in [0.3, 0.4) is 0 Å². The zero-order chi connectivity index (χ0) is 14.2. The molecule has 0 radical (unpaired) electrons. The second-order valence-corrected chi connectivity index (χ2v) is 7.11. The maximum atomic E-state index is 12.5. The van der Waals surface area contributed by atoms with Crippen LogP contribution in [0.4, 0.5) is 0 Å². The van der Waals surface area contributed by atoms with Crippen LogP contribution in [-0.4, -0.2) is 49.8 Å². The highest BCUT2D eigenvalue weighted by molar-refractivity contribution is 7.89. The Labute approximate surface area is 118 Å². The molecule has 6 nitrogen and oxygen atoms in total. The summed E-state index contributed by atoms with van der Waals surface area (Å²) in [5.41, 5.74) is -0.332. The molecule has 7 heteroatoms. The fourth-order valence-electron chi connectivity index (χ4n) is 2.75. The Morgan fingerprint density at radius 3 is 2.40 bits per heavy atom. The lowest BCUT2D eigenvalue weighted by Crippen LogP contribution is -2.52. The molecule has 3 rings (SSSR count). The molecule has 0 amide bonds. The number of phenols is 1. The monoisotopic (exact) mass is 298 g/mol. The van der Waals surface area contributed by atoms with E-state index in [1.54, 1.807) is 0 Å². The van der Waals surface area contributed by atoms with E-state index in [2.05, 4.69) is 5.32 Å². The molecule has 2 saturated heterocycles. The largest absolute Gasteiger partial charge is 0.508 e. The number of nitrogens with one attached hydrogen (secondary N) is 1. The van der Waals surface area contributed by atoms with Crippen LogP contribution in [0, 0.1) is 0 Å². The van der Waals surface area contributed by atoms with Crippen LogP contribution in [0.25, 0.3) is 0 Å². The molecule has 0 unspecified atom stereocenters. The van der Waals surface area contributed by atoms with E-state index in [-0.39, 0.29) is 16.4 Å². The summed E-state index contributed by atoms with van der Waals surface area (Å²) in [6.45, 7) is 2.39. The summed E-state index contributed by atoms with van der Waals surface area (Å²) in [4.78, 5) is 0.214. The van der Waals surface area contributed by atoms with Crippen molar-refractivity contribution in [3.8, 4) is 5.75 Å². The highest BCUT2D eigenvalue weighted by atomic mass is 32.2. The molecule has 2 heterocycles. The van der Waals surface area contributed by atoms with Crippen LogP contribution in [0.2, 0.25) is 0 Å². The molecule has 1 aromatic carbocycles. The van der Waals surface area contributed by atoms with Crippen molar-refractivity contribution in [2.45, 2.75) is 23.5 Å². The summed E-state index contributed by atoms with van der Waals surface area (Å²) in [5.74, 6) is 0.0603. The fourth-order valence-corrected chi connectivity index (χ4v) is 4.19. The molecular formula is C13H18N2O4S. The molecule has 0 bridgehead atoms. The molecule has 2 N–H and O–H groups in total. The molecule has 2 aliphatic heterocycles. The number of phenolic OH excluding ortho intramolecular Hbond substituents is 1. The van der Waals surface area contributed by atoms with Crippen LogP contribution < -0.4 is 5.32 Å². The number of nitrogens with zero attached hydrogens (tertiary/aromatic N) is 1. The standard InChI is InChI=1S/C13H18N2O4S/c16-11-1-3-12(4-2-11)20(17,18)15-8-5-13(6-9-15)14-7-10-19-13/h1-4,14,16H,5-10H2. The van der Waals surface area contributed by atoms with Crippen LogP contribution in [0.1, 0.15) is 12.8 Å². The van der Waals surface area contributed by atoms with Crippen molar-refractivity contribution in [2.75, 3.05) is 26.2 Å². The third kappa shape index (κ3) is 2.42. The van der Waals surface area contributed by atoms with Crippen molar-refractivity contribution in [3.05, 3.63) is 24.3 Å². The Morgan fingerprint density at radius 2 is 1.85 bits per heavy atom. The van der Waals surface area contributed by atoms with E-state index in [4.69, 9.17) is 4.74 Å². The van der Waals surface area contributed by atoms with Gasteiger partial charge in [0.2, 0.25) is 10.0 Å². The van der Waals surface area contributed by atoms with E-state index in [0.717, 1.165) is 6.54 Å². The molecule has 0 saturated carbocycles. The number of sulfonamides is 1. The van der Waals surface area contributed by atoms with E-state index in [0.29, 0.717) is 32.5 Å². The Hall–Kier alpha value is -1.15. The third-order valence-electron chi connectivity index (χ3n) is 3.93. The maximum Gasteiger partial charge on any atom is 0.243 e. The van der Waals surface area contributed by atoms with Gasteiger partial charge in [-0.1, -0.05) is 0 Å². The van der Waals surface area contributed by atoms with Crippen molar-refractivity contribution in [1.29, 1.82) is 0 Å². The summed E-state index contributed by atoms with van der Waals surface area (Å²) in [6, 6.07) is 5.64. The normalized spacial score (nSPS) is 23.2. The molecule has 2 fully saturated rings. The van der Waals surface area contributed by atoms with E-state index >= 15 is 0 Å². The molecule has 0 aliphatic carbocycles. The number of rotatable bonds is 2. The van der Waals surface area contributed by atoms with Gasteiger partial charge < -0.3 is 9.84 Å². The van der Waals surface area contributed by atoms with E-state index in [9.17, 15) is 13.5 Å². The molecule has 20 heavy (non-hydrogen) atoms. The zero-order valence-corrected chi connectivity index (χ0v) is 11.9. The molecule has 1 aromatic rings. The lowest BCUT2D eigenvalue weighted by molar-refractivity contribution is -0.0445. The minimum absolute atomic E-state index is 0.0603. The van der Waals surface area contributed by atoms with Crippen molar-refractivity contribution in [2.24, 2.45) is 0 Å². The lowest BCUT2D eigenvalue weighted by Gasteiger charge is -2.37. The summed E-state index contributed by atoms with van der Waals surface area (Å²) < 4.78 is 32.1. The molecule has 0 atom stereocenters. The quantitative estimate of drug-likeness (QED) is 0.831. The van der Waals surface area contributed by atoms with Crippen molar-refractivity contribution < 1.29 is 18.3 Å². The van der Waals surface area contributed by atoms with Gasteiger partial charge in [-0.25, -0.2) is 8.42 Å². The number of benzene rings is 1. The summed E-state index contributed by atoms with van der Waals surface area (Å²) >= 11 is 0. The lowest BCUT2D eigenvalue weighted by atomic mass is 10.0. The maximum absolute atomic E-state index is 12.5. The van der Waals surface area contributed by atoms with E-state index < -0.39 is 10.0 Å². The Balaban J connectivity index is 1.75. The summed E-state index contributed by atoms with van der Waals surface area (Å²) in [7, 11) is -3.49. The number of hydrogen-bond acceptors (Lipinski definition) is 5. The summed E-state index contributed by atoms with van der Waals surface area (Å²) in [5, 5.41) is 12.6. The highest BCUT2D eigenvalue weighted by Gasteiger charge is 2.41. The Morgan fingerprint density at radius 1 is 1.20 bits per heavy atom. The van der Waals surface area contributed by atoms with Gasteiger partial charge in [0, 0.05) is 32.5 Å². The Kier molecular flexibility index (Phi) is 3.45.